The van der Waals surface area contributed by atoms with Crippen molar-refractivity contribution in [2.24, 2.45) is 0 Å². The van der Waals surface area contributed by atoms with Crippen molar-refractivity contribution in [3.63, 3.8) is 0 Å². The molecule has 31 heavy (non-hydrogen) atoms. The minimum absolute atomic E-state index is 0.321. The normalized spacial score (nSPS) is 13.0. The number of fused-ring (bicyclic) bond motifs is 3. The molecule has 0 bridgehead atoms. The molecule has 6 nitrogen and oxygen atoms in total. The fourth-order valence-electron chi connectivity index (χ4n) is 3.96. The number of ether oxygens (including phenoxy) is 3. The molecule has 0 fully saturated rings. The molecule has 0 saturated carbocycles. The second-order valence-corrected chi connectivity index (χ2v) is 7.49. The summed E-state index contributed by atoms with van der Waals surface area (Å²) in [5, 5.41) is 0. The van der Waals surface area contributed by atoms with Crippen molar-refractivity contribution in [1.82, 2.24) is 0 Å². The van der Waals surface area contributed by atoms with E-state index in [0.29, 0.717) is 26.2 Å². The van der Waals surface area contributed by atoms with Crippen LogP contribution in [0.2, 0.25) is 0 Å². The summed E-state index contributed by atoms with van der Waals surface area (Å²) in [7, 11) is 0. The first-order valence-electron chi connectivity index (χ1n) is 10.9. The Bertz CT molecular complexity index is 997. The Labute approximate surface area is 182 Å². The summed E-state index contributed by atoms with van der Waals surface area (Å²) in [5.41, 5.74) is 4.56. The molecule has 6 heteroatoms. The third kappa shape index (κ3) is 4.85. The summed E-state index contributed by atoms with van der Waals surface area (Å²) in [6, 6.07) is 9.79. The monoisotopic (exact) mass is 424 g/mol. The van der Waals surface area contributed by atoms with Crippen LogP contribution < -0.4 is 4.74 Å². The van der Waals surface area contributed by atoms with Crippen LogP contribution in [-0.2, 0) is 33.5 Å². The van der Waals surface area contributed by atoms with Gasteiger partial charge in [0.25, 0.3) is 0 Å². The van der Waals surface area contributed by atoms with Crippen LogP contribution in [0, 0.1) is 0 Å². The third-order valence-corrected chi connectivity index (χ3v) is 5.40. The maximum absolute atomic E-state index is 12.0. The van der Waals surface area contributed by atoms with E-state index in [-0.39, 0.29) is 5.97 Å². The average Bonchev–Trinajstić information content (AvgIpc) is 3.45. The zero-order valence-corrected chi connectivity index (χ0v) is 18.0. The van der Waals surface area contributed by atoms with Gasteiger partial charge in [0, 0.05) is 24.2 Å². The van der Waals surface area contributed by atoms with Crippen LogP contribution in [0.1, 0.15) is 42.9 Å². The zero-order chi connectivity index (χ0) is 21.6. The number of hydrogen-bond acceptors (Lipinski definition) is 6. The largest absolute Gasteiger partial charge is 0.494 e. The molecule has 1 aromatic carbocycles. The molecule has 3 aromatic rings. The SMILES string of the molecule is CCOC(=O)C(Cc1ccc(OCCCc2coc3c2-c2ccoc2C3)cc1)OCC. The Morgan fingerprint density at radius 1 is 1.06 bits per heavy atom. The Balaban J connectivity index is 1.26. The van der Waals surface area contributed by atoms with Crippen LogP contribution >= 0.6 is 0 Å². The topological polar surface area (TPSA) is 71.0 Å². The van der Waals surface area contributed by atoms with Gasteiger partial charge in [-0.15, -0.1) is 0 Å². The molecule has 1 aliphatic rings. The van der Waals surface area contributed by atoms with E-state index < -0.39 is 6.10 Å². The lowest BCUT2D eigenvalue weighted by Gasteiger charge is -2.15. The van der Waals surface area contributed by atoms with Crippen molar-refractivity contribution in [3.05, 3.63) is 65.5 Å². The number of carbonyl (C=O) groups is 1. The van der Waals surface area contributed by atoms with Crippen molar-refractivity contribution in [1.29, 1.82) is 0 Å². The summed E-state index contributed by atoms with van der Waals surface area (Å²) < 4.78 is 27.7. The van der Waals surface area contributed by atoms with Gasteiger partial charge < -0.3 is 23.0 Å². The van der Waals surface area contributed by atoms with Gasteiger partial charge in [-0.05, 0) is 56.0 Å². The summed E-state index contributed by atoms with van der Waals surface area (Å²) in [5.74, 6) is 2.47. The maximum atomic E-state index is 12.0. The first kappa shape index (κ1) is 21.2. The van der Waals surface area contributed by atoms with E-state index in [4.69, 9.17) is 23.0 Å². The average molecular weight is 424 g/mol. The highest BCUT2D eigenvalue weighted by Crippen LogP contribution is 2.41. The Kier molecular flexibility index (Phi) is 6.77. The van der Waals surface area contributed by atoms with Gasteiger partial charge in [0.2, 0.25) is 0 Å². The van der Waals surface area contributed by atoms with Gasteiger partial charge in [-0.3, -0.25) is 0 Å². The molecule has 1 atom stereocenters. The highest BCUT2D eigenvalue weighted by atomic mass is 16.6. The molecule has 0 aliphatic heterocycles. The van der Waals surface area contributed by atoms with Crippen molar-refractivity contribution in [2.45, 2.75) is 45.6 Å². The Morgan fingerprint density at radius 2 is 1.90 bits per heavy atom. The van der Waals surface area contributed by atoms with E-state index in [1.807, 2.05) is 43.5 Å². The van der Waals surface area contributed by atoms with Gasteiger partial charge in [0.05, 0.1) is 32.2 Å². The van der Waals surface area contributed by atoms with E-state index >= 15 is 0 Å². The number of benzene rings is 1. The summed E-state index contributed by atoms with van der Waals surface area (Å²) in [4.78, 5) is 12.0. The van der Waals surface area contributed by atoms with Crippen molar-refractivity contribution in [3.8, 4) is 16.9 Å². The van der Waals surface area contributed by atoms with Crippen molar-refractivity contribution < 1.29 is 27.8 Å². The number of rotatable bonds is 11. The number of furan rings is 2. The number of aryl methyl sites for hydroxylation is 1. The zero-order valence-electron chi connectivity index (χ0n) is 18.0. The van der Waals surface area contributed by atoms with Gasteiger partial charge >= 0.3 is 5.97 Å². The molecule has 4 rings (SSSR count). The minimum Gasteiger partial charge on any atom is -0.494 e. The lowest BCUT2D eigenvalue weighted by molar-refractivity contribution is -0.156. The molecule has 1 aliphatic carbocycles. The molecule has 0 radical (unpaired) electrons. The number of esters is 1. The molecule has 0 saturated heterocycles. The summed E-state index contributed by atoms with van der Waals surface area (Å²) in [6.07, 6.45) is 6.00. The fourth-order valence-corrected chi connectivity index (χ4v) is 3.96. The summed E-state index contributed by atoms with van der Waals surface area (Å²) in [6.45, 7) is 5.09. The van der Waals surface area contributed by atoms with Crippen LogP contribution in [0.25, 0.3) is 11.1 Å². The van der Waals surface area contributed by atoms with Crippen molar-refractivity contribution in [2.75, 3.05) is 19.8 Å². The molecule has 0 N–H and O–H groups in total. The molecule has 1 unspecified atom stereocenters. The van der Waals surface area contributed by atoms with E-state index in [9.17, 15) is 4.79 Å². The standard InChI is InChI=1S/C25H28O6/c1-3-27-23(25(26)28-4-2)14-17-7-9-19(10-8-17)29-12-5-6-18-16-31-22-15-21-20(24(18)22)11-13-30-21/h7-11,13,16,23H,3-6,12,14-15H2,1-2H3. The lowest BCUT2D eigenvalue weighted by Crippen LogP contribution is -2.28. The highest BCUT2D eigenvalue weighted by Gasteiger charge is 2.27. The Hall–Kier alpha value is -2.99. The van der Waals surface area contributed by atoms with Gasteiger partial charge in [0.1, 0.15) is 17.3 Å². The molecule has 2 heterocycles. The lowest BCUT2D eigenvalue weighted by atomic mass is 10.0. The van der Waals surface area contributed by atoms with Crippen LogP contribution in [0.3, 0.4) is 0 Å². The molecule has 0 amide bonds. The fraction of sp³-hybridized carbons (Fsp3) is 0.400. The first-order chi connectivity index (χ1) is 15.2. The van der Waals surface area contributed by atoms with E-state index in [1.54, 1.807) is 13.2 Å². The summed E-state index contributed by atoms with van der Waals surface area (Å²) >= 11 is 0. The quantitative estimate of drug-likeness (QED) is 0.250. The number of hydrogen-bond donors (Lipinski definition) is 0. The van der Waals surface area contributed by atoms with Crippen LogP contribution in [0.4, 0.5) is 0 Å². The second kappa shape index (κ2) is 9.88. The van der Waals surface area contributed by atoms with Gasteiger partial charge in [-0.1, -0.05) is 12.1 Å². The van der Waals surface area contributed by atoms with E-state index in [1.165, 1.54) is 11.1 Å². The van der Waals surface area contributed by atoms with E-state index in [2.05, 4.69) is 0 Å². The molecular weight excluding hydrogens is 396 g/mol. The van der Waals surface area contributed by atoms with Gasteiger partial charge in [-0.2, -0.15) is 0 Å². The van der Waals surface area contributed by atoms with Gasteiger partial charge in [-0.25, -0.2) is 4.79 Å². The minimum atomic E-state index is -0.579. The number of carbonyl (C=O) groups excluding carboxylic acids is 1. The first-order valence-corrected chi connectivity index (χ1v) is 10.9. The maximum Gasteiger partial charge on any atom is 0.335 e. The Morgan fingerprint density at radius 3 is 2.68 bits per heavy atom. The second-order valence-electron chi connectivity index (χ2n) is 7.49. The van der Waals surface area contributed by atoms with Crippen LogP contribution in [-0.4, -0.2) is 31.9 Å². The third-order valence-electron chi connectivity index (χ3n) is 5.40. The molecular formula is C25H28O6. The molecule has 0 spiro atoms. The molecule has 164 valence electrons. The predicted molar refractivity (Wildman–Crippen MR) is 115 cm³/mol. The predicted octanol–water partition coefficient (Wildman–Crippen LogP) is 4.97. The van der Waals surface area contributed by atoms with E-state index in [0.717, 1.165) is 47.7 Å². The van der Waals surface area contributed by atoms with Crippen molar-refractivity contribution >= 4 is 5.97 Å². The van der Waals surface area contributed by atoms with Gasteiger partial charge in [0.15, 0.2) is 6.10 Å². The highest BCUT2D eigenvalue weighted by molar-refractivity contribution is 5.76. The van der Waals surface area contributed by atoms with Crippen LogP contribution in [0.15, 0.2) is 51.7 Å². The van der Waals surface area contributed by atoms with Crippen LogP contribution in [0.5, 0.6) is 5.75 Å². The smallest absolute Gasteiger partial charge is 0.335 e. The molecule has 2 aromatic heterocycles.